The standard InChI is InChI=1S/C12H9F2N3O2/c1-6-10(11(18)19)5-15-12(16-6)17-9-3-7(13)2-8(14)4-9/h2-5H,1H3,(H,18,19)(H,15,16,17). The minimum atomic E-state index is -1.14. The SMILES string of the molecule is Cc1nc(Nc2cc(F)cc(F)c2)ncc1C(=O)O. The molecule has 0 amide bonds. The Hall–Kier alpha value is -2.57. The van der Waals surface area contributed by atoms with Crippen LogP contribution in [0, 0.1) is 18.6 Å². The first-order chi connectivity index (χ1) is 8.95. The van der Waals surface area contributed by atoms with Crippen molar-refractivity contribution in [1.82, 2.24) is 9.97 Å². The Morgan fingerprint density at radius 1 is 1.26 bits per heavy atom. The highest BCUT2D eigenvalue weighted by atomic mass is 19.1. The van der Waals surface area contributed by atoms with Crippen molar-refractivity contribution >= 4 is 17.6 Å². The summed E-state index contributed by atoms with van der Waals surface area (Å²) in [5, 5.41) is 11.4. The third-order valence-electron chi connectivity index (χ3n) is 2.33. The average molecular weight is 265 g/mol. The van der Waals surface area contributed by atoms with Crippen LogP contribution in [0.2, 0.25) is 0 Å². The third-order valence-corrected chi connectivity index (χ3v) is 2.33. The van der Waals surface area contributed by atoms with Crippen LogP contribution in [0.1, 0.15) is 16.1 Å². The van der Waals surface area contributed by atoms with Crippen molar-refractivity contribution < 1.29 is 18.7 Å². The summed E-state index contributed by atoms with van der Waals surface area (Å²) in [5.41, 5.74) is 0.359. The lowest BCUT2D eigenvalue weighted by atomic mass is 10.2. The van der Waals surface area contributed by atoms with Gasteiger partial charge in [-0.05, 0) is 19.1 Å². The molecule has 0 radical (unpaired) electrons. The smallest absolute Gasteiger partial charge is 0.339 e. The number of nitrogens with zero attached hydrogens (tertiary/aromatic N) is 2. The van der Waals surface area contributed by atoms with E-state index in [0.29, 0.717) is 0 Å². The third kappa shape index (κ3) is 3.01. The number of carboxylic acid groups (broad SMARTS) is 1. The number of hydrogen-bond acceptors (Lipinski definition) is 4. The molecule has 5 nitrogen and oxygen atoms in total. The van der Waals surface area contributed by atoms with Crippen LogP contribution in [0.15, 0.2) is 24.4 Å². The maximum Gasteiger partial charge on any atom is 0.339 e. The molecule has 0 aliphatic carbocycles. The number of nitrogens with one attached hydrogen (secondary N) is 1. The van der Waals surface area contributed by atoms with Gasteiger partial charge in [-0.25, -0.2) is 23.5 Å². The maximum absolute atomic E-state index is 13.0. The zero-order valence-corrected chi connectivity index (χ0v) is 9.82. The van der Waals surface area contributed by atoms with Gasteiger partial charge in [0, 0.05) is 18.0 Å². The number of anilines is 2. The highest BCUT2D eigenvalue weighted by Crippen LogP contribution is 2.17. The van der Waals surface area contributed by atoms with Crippen molar-refractivity contribution in [2.45, 2.75) is 6.92 Å². The second-order valence-electron chi connectivity index (χ2n) is 3.78. The van der Waals surface area contributed by atoms with Crippen LogP contribution in [-0.4, -0.2) is 21.0 Å². The summed E-state index contributed by atoms with van der Waals surface area (Å²) in [6, 6.07) is 2.89. The second kappa shape index (κ2) is 4.97. The van der Waals surface area contributed by atoms with E-state index in [-0.39, 0.29) is 22.9 Å². The molecule has 0 unspecified atom stereocenters. The number of hydrogen-bond donors (Lipinski definition) is 2. The molecule has 0 aliphatic heterocycles. The molecule has 0 aliphatic rings. The first kappa shape index (κ1) is 12.9. The largest absolute Gasteiger partial charge is 0.478 e. The zero-order chi connectivity index (χ0) is 14.0. The van der Waals surface area contributed by atoms with Gasteiger partial charge in [0.25, 0.3) is 0 Å². The van der Waals surface area contributed by atoms with Crippen LogP contribution in [-0.2, 0) is 0 Å². The minimum Gasteiger partial charge on any atom is -0.478 e. The first-order valence-corrected chi connectivity index (χ1v) is 5.26. The lowest BCUT2D eigenvalue weighted by Crippen LogP contribution is -2.06. The molecule has 0 spiro atoms. The Labute approximate surface area is 106 Å². The van der Waals surface area contributed by atoms with Crippen molar-refractivity contribution in [3.63, 3.8) is 0 Å². The normalized spacial score (nSPS) is 10.3. The quantitative estimate of drug-likeness (QED) is 0.891. The monoisotopic (exact) mass is 265 g/mol. The zero-order valence-electron chi connectivity index (χ0n) is 9.82. The molecular weight excluding hydrogens is 256 g/mol. The number of aromatic nitrogens is 2. The summed E-state index contributed by atoms with van der Waals surface area (Å²) in [4.78, 5) is 18.4. The van der Waals surface area contributed by atoms with Gasteiger partial charge in [-0.2, -0.15) is 0 Å². The number of carbonyl (C=O) groups is 1. The van der Waals surface area contributed by atoms with Gasteiger partial charge in [0.1, 0.15) is 11.6 Å². The van der Waals surface area contributed by atoms with E-state index >= 15 is 0 Å². The fourth-order valence-corrected chi connectivity index (χ4v) is 1.49. The Kier molecular flexibility index (Phi) is 3.37. The number of carboxylic acids is 1. The molecule has 0 saturated carbocycles. The Bertz CT molecular complexity index is 627. The second-order valence-corrected chi connectivity index (χ2v) is 3.78. The fourth-order valence-electron chi connectivity index (χ4n) is 1.49. The topological polar surface area (TPSA) is 75.1 Å². The molecule has 2 aromatic rings. The van der Waals surface area contributed by atoms with Crippen LogP contribution in [0.5, 0.6) is 0 Å². The predicted molar refractivity (Wildman–Crippen MR) is 63.4 cm³/mol. The van der Waals surface area contributed by atoms with Crippen LogP contribution in [0.3, 0.4) is 0 Å². The van der Waals surface area contributed by atoms with Gasteiger partial charge >= 0.3 is 5.97 Å². The Morgan fingerprint density at radius 2 is 1.89 bits per heavy atom. The summed E-state index contributed by atoms with van der Waals surface area (Å²) in [6.07, 6.45) is 1.13. The highest BCUT2D eigenvalue weighted by Gasteiger charge is 2.10. The van der Waals surface area contributed by atoms with Gasteiger partial charge in [-0.3, -0.25) is 0 Å². The van der Waals surface area contributed by atoms with E-state index in [1.165, 1.54) is 6.92 Å². The highest BCUT2D eigenvalue weighted by molar-refractivity contribution is 5.88. The molecule has 1 aromatic heterocycles. The van der Waals surface area contributed by atoms with Crippen molar-refractivity contribution in [3.8, 4) is 0 Å². The number of aromatic carboxylic acids is 1. The average Bonchev–Trinajstić information content (AvgIpc) is 2.26. The fraction of sp³-hybridized carbons (Fsp3) is 0.0833. The minimum absolute atomic E-state index is 0.0315. The van der Waals surface area contributed by atoms with Gasteiger partial charge in [0.2, 0.25) is 5.95 Å². The van der Waals surface area contributed by atoms with Crippen LogP contribution in [0.25, 0.3) is 0 Å². The van der Waals surface area contributed by atoms with Gasteiger partial charge < -0.3 is 10.4 Å². The van der Waals surface area contributed by atoms with Gasteiger partial charge in [-0.1, -0.05) is 0 Å². The van der Waals surface area contributed by atoms with Crippen LogP contribution < -0.4 is 5.32 Å². The van der Waals surface area contributed by atoms with Gasteiger partial charge in [-0.15, -0.1) is 0 Å². The van der Waals surface area contributed by atoms with E-state index in [1.54, 1.807) is 0 Å². The molecule has 2 rings (SSSR count). The van der Waals surface area contributed by atoms with E-state index in [4.69, 9.17) is 5.11 Å². The van der Waals surface area contributed by atoms with E-state index < -0.39 is 17.6 Å². The lowest BCUT2D eigenvalue weighted by Gasteiger charge is -2.07. The Morgan fingerprint density at radius 3 is 2.42 bits per heavy atom. The predicted octanol–water partition coefficient (Wildman–Crippen LogP) is 2.51. The molecule has 7 heteroatoms. The molecule has 2 N–H and O–H groups in total. The van der Waals surface area contributed by atoms with Crippen molar-refractivity contribution in [1.29, 1.82) is 0 Å². The van der Waals surface area contributed by atoms with Crippen LogP contribution in [0.4, 0.5) is 20.4 Å². The van der Waals surface area contributed by atoms with Crippen molar-refractivity contribution in [3.05, 3.63) is 47.3 Å². The Balaban J connectivity index is 2.28. The molecule has 1 heterocycles. The molecule has 1 aromatic carbocycles. The van der Waals surface area contributed by atoms with Gasteiger partial charge in [0.15, 0.2) is 0 Å². The maximum atomic E-state index is 13.0. The van der Waals surface area contributed by atoms with E-state index in [9.17, 15) is 13.6 Å². The van der Waals surface area contributed by atoms with Crippen molar-refractivity contribution in [2.24, 2.45) is 0 Å². The van der Waals surface area contributed by atoms with Crippen molar-refractivity contribution in [2.75, 3.05) is 5.32 Å². The number of rotatable bonds is 3. The number of halogens is 2. The van der Waals surface area contributed by atoms with E-state index in [0.717, 1.165) is 24.4 Å². The molecule has 19 heavy (non-hydrogen) atoms. The molecule has 0 saturated heterocycles. The summed E-state index contributed by atoms with van der Waals surface area (Å²) >= 11 is 0. The molecule has 98 valence electrons. The summed E-state index contributed by atoms with van der Waals surface area (Å²) in [7, 11) is 0. The summed E-state index contributed by atoms with van der Waals surface area (Å²) in [5.74, 6) is -2.55. The first-order valence-electron chi connectivity index (χ1n) is 5.26. The summed E-state index contributed by atoms with van der Waals surface area (Å²) in [6.45, 7) is 1.50. The van der Waals surface area contributed by atoms with E-state index in [2.05, 4.69) is 15.3 Å². The molecule has 0 bridgehead atoms. The number of benzene rings is 1. The number of aryl methyl sites for hydroxylation is 1. The van der Waals surface area contributed by atoms with Crippen LogP contribution >= 0.6 is 0 Å². The summed E-state index contributed by atoms with van der Waals surface area (Å²) < 4.78 is 26.0. The lowest BCUT2D eigenvalue weighted by molar-refractivity contribution is 0.0695. The molecular formula is C12H9F2N3O2. The van der Waals surface area contributed by atoms with E-state index in [1.807, 2.05) is 0 Å². The molecule has 0 atom stereocenters. The van der Waals surface area contributed by atoms with Gasteiger partial charge in [0.05, 0.1) is 11.3 Å². The molecule has 0 fully saturated rings.